The van der Waals surface area contributed by atoms with Crippen LogP contribution in [0.25, 0.3) is 0 Å². The van der Waals surface area contributed by atoms with E-state index in [1.807, 2.05) is 6.92 Å². The molecule has 0 aromatic carbocycles. The topological polar surface area (TPSA) is 85.5 Å². The quantitative estimate of drug-likeness (QED) is 0.886. The second kappa shape index (κ2) is 5.85. The van der Waals surface area contributed by atoms with Crippen LogP contribution in [0.2, 0.25) is 0 Å². The van der Waals surface area contributed by atoms with Gasteiger partial charge in [-0.15, -0.1) is 0 Å². The zero-order valence-corrected chi connectivity index (χ0v) is 11.8. The Morgan fingerprint density at radius 2 is 2.11 bits per heavy atom. The molecule has 7 heteroatoms. The Balaban J connectivity index is 2.07. The first-order valence-corrected chi connectivity index (χ1v) is 7.81. The average Bonchev–Trinajstić information content (AvgIpc) is 2.40. The van der Waals surface area contributed by atoms with Crippen molar-refractivity contribution in [2.45, 2.75) is 30.8 Å². The molecular weight excluding hydrogens is 266 g/mol. The molecule has 19 heavy (non-hydrogen) atoms. The fourth-order valence-electron chi connectivity index (χ4n) is 2.17. The SMILES string of the molecule is CCOC1CCN(S(=O)(=O)c2ccc(N)nc2)CC1. The molecule has 0 aliphatic carbocycles. The van der Waals surface area contributed by atoms with Crippen molar-refractivity contribution in [3.8, 4) is 0 Å². The number of hydrogen-bond acceptors (Lipinski definition) is 5. The molecule has 106 valence electrons. The standard InChI is InChI=1S/C12H19N3O3S/c1-2-18-10-5-7-15(8-6-10)19(16,17)11-3-4-12(13)14-9-11/h3-4,9-10H,2,5-8H2,1H3,(H2,13,14). The maximum Gasteiger partial charge on any atom is 0.244 e. The minimum atomic E-state index is -3.46. The van der Waals surface area contributed by atoms with Gasteiger partial charge in [0.15, 0.2) is 0 Å². The summed E-state index contributed by atoms with van der Waals surface area (Å²) in [6.45, 7) is 3.58. The van der Waals surface area contributed by atoms with Gasteiger partial charge in [-0.05, 0) is 31.9 Å². The highest BCUT2D eigenvalue weighted by atomic mass is 32.2. The van der Waals surface area contributed by atoms with Crippen molar-refractivity contribution in [2.24, 2.45) is 0 Å². The highest BCUT2D eigenvalue weighted by Gasteiger charge is 2.29. The molecule has 1 saturated heterocycles. The van der Waals surface area contributed by atoms with Crippen LogP contribution in [0.15, 0.2) is 23.2 Å². The maximum absolute atomic E-state index is 12.4. The van der Waals surface area contributed by atoms with Gasteiger partial charge in [0, 0.05) is 25.9 Å². The highest BCUT2D eigenvalue weighted by molar-refractivity contribution is 7.89. The van der Waals surface area contributed by atoms with Crippen molar-refractivity contribution in [3.63, 3.8) is 0 Å². The Bertz CT molecular complexity index is 508. The molecule has 1 aromatic heterocycles. The van der Waals surface area contributed by atoms with Gasteiger partial charge in [-0.2, -0.15) is 4.31 Å². The first-order valence-electron chi connectivity index (χ1n) is 6.37. The van der Waals surface area contributed by atoms with E-state index in [1.54, 1.807) is 0 Å². The van der Waals surface area contributed by atoms with Crippen LogP contribution in [0.3, 0.4) is 0 Å². The van der Waals surface area contributed by atoms with Crippen LogP contribution in [0, 0.1) is 0 Å². The van der Waals surface area contributed by atoms with Gasteiger partial charge in [0.2, 0.25) is 10.0 Å². The van der Waals surface area contributed by atoms with Crippen LogP contribution in [-0.2, 0) is 14.8 Å². The number of nitrogen functional groups attached to an aromatic ring is 1. The Kier molecular flexibility index (Phi) is 4.38. The van der Waals surface area contributed by atoms with Crippen molar-refractivity contribution in [2.75, 3.05) is 25.4 Å². The van der Waals surface area contributed by atoms with E-state index in [2.05, 4.69) is 4.98 Å². The Hall–Kier alpha value is -1.18. The lowest BCUT2D eigenvalue weighted by molar-refractivity contribution is 0.0290. The first kappa shape index (κ1) is 14.2. The van der Waals surface area contributed by atoms with Gasteiger partial charge in [-0.3, -0.25) is 0 Å². The molecule has 1 aromatic rings. The van der Waals surface area contributed by atoms with Crippen molar-refractivity contribution < 1.29 is 13.2 Å². The van der Waals surface area contributed by atoms with Crippen molar-refractivity contribution in [1.29, 1.82) is 0 Å². The van der Waals surface area contributed by atoms with Crippen molar-refractivity contribution >= 4 is 15.8 Å². The second-order valence-electron chi connectivity index (χ2n) is 4.48. The van der Waals surface area contributed by atoms with E-state index in [-0.39, 0.29) is 11.0 Å². The number of aromatic nitrogens is 1. The number of ether oxygens (including phenoxy) is 1. The fraction of sp³-hybridized carbons (Fsp3) is 0.583. The molecule has 0 saturated carbocycles. The largest absolute Gasteiger partial charge is 0.384 e. The summed E-state index contributed by atoms with van der Waals surface area (Å²) in [6.07, 6.45) is 2.94. The van der Waals surface area contributed by atoms with E-state index in [0.29, 0.717) is 25.5 Å². The summed E-state index contributed by atoms with van der Waals surface area (Å²) in [5, 5.41) is 0. The summed E-state index contributed by atoms with van der Waals surface area (Å²) < 4.78 is 31.7. The van der Waals surface area contributed by atoms with Gasteiger partial charge in [-0.1, -0.05) is 0 Å². The summed E-state index contributed by atoms with van der Waals surface area (Å²) in [7, 11) is -3.46. The van der Waals surface area contributed by atoms with E-state index in [9.17, 15) is 8.42 Å². The zero-order valence-electron chi connectivity index (χ0n) is 10.9. The predicted molar refractivity (Wildman–Crippen MR) is 72.1 cm³/mol. The number of pyridine rings is 1. The van der Waals surface area contributed by atoms with Crippen molar-refractivity contribution in [1.82, 2.24) is 9.29 Å². The first-order chi connectivity index (χ1) is 9.04. The Morgan fingerprint density at radius 1 is 1.42 bits per heavy atom. The monoisotopic (exact) mass is 285 g/mol. The predicted octanol–water partition coefficient (Wildman–Crippen LogP) is 0.853. The minimum absolute atomic E-state index is 0.168. The molecule has 0 atom stereocenters. The lowest BCUT2D eigenvalue weighted by Crippen LogP contribution is -2.40. The summed E-state index contributed by atoms with van der Waals surface area (Å²) in [4.78, 5) is 4.02. The van der Waals surface area contributed by atoms with Gasteiger partial charge in [0.05, 0.1) is 6.10 Å². The molecule has 0 radical (unpaired) electrons. The van der Waals surface area contributed by atoms with Gasteiger partial charge < -0.3 is 10.5 Å². The normalized spacial score (nSPS) is 18.6. The number of anilines is 1. The molecule has 2 heterocycles. The summed E-state index contributed by atoms with van der Waals surface area (Å²) in [5.74, 6) is 0.314. The molecule has 1 fully saturated rings. The summed E-state index contributed by atoms with van der Waals surface area (Å²) in [5.41, 5.74) is 5.46. The number of piperidine rings is 1. The van der Waals surface area contributed by atoms with Gasteiger partial charge in [-0.25, -0.2) is 13.4 Å². The molecular formula is C12H19N3O3S. The lowest BCUT2D eigenvalue weighted by Gasteiger charge is -2.30. The minimum Gasteiger partial charge on any atom is -0.384 e. The third-order valence-corrected chi connectivity index (χ3v) is 5.08. The van der Waals surface area contributed by atoms with Gasteiger partial charge in [0.1, 0.15) is 10.7 Å². The number of rotatable bonds is 4. The van der Waals surface area contributed by atoms with Crippen molar-refractivity contribution in [3.05, 3.63) is 18.3 Å². The number of nitrogens with two attached hydrogens (primary N) is 1. The molecule has 0 bridgehead atoms. The Morgan fingerprint density at radius 3 is 2.63 bits per heavy atom. The molecule has 0 amide bonds. The molecule has 0 spiro atoms. The number of nitrogens with zero attached hydrogens (tertiary/aromatic N) is 2. The molecule has 1 aliphatic heterocycles. The fourth-order valence-corrected chi connectivity index (χ4v) is 3.58. The maximum atomic E-state index is 12.4. The van der Waals surface area contributed by atoms with E-state index in [4.69, 9.17) is 10.5 Å². The number of sulfonamides is 1. The summed E-state index contributed by atoms with van der Waals surface area (Å²) >= 11 is 0. The molecule has 0 unspecified atom stereocenters. The third kappa shape index (κ3) is 3.23. The Labute approximate surface area is 113 Å². The second-order valence-corrected chi connectivity index (χ2v) is 6.42. The molecule has 2 rings (SSSR count). The average molecular weight is 285 g/mol. The van der Waals surface area contributed by atoms with E-state index < -0.39 is 10.0 Å². The van der Waals surface area contributed by atoms with Gasteiger partial charge in [0.25, 0.3) is 0 Å². The van der Waals surface area contributed by atoms with Crippen LogP contribution in [-0.4, -0.2) is 43.5 Å². The van der Waals surface area contributed by atoms with Crippen LogP contribution < -0.4 is 5.73 Å². The molecule has 6 nitrogen and oxygen atoms in total. The van der Waals surface area contributed by atoms with E-state index in [0.717, 1.165) is 12.8 Å². The van der Waals surface area contributed by atoms with E-state index in [1.165, 1.54) is 22.6 Å². The number of hydrogen-bond donors (Lipinski definition) is 1. The summed E-state index contributed by atoms with van der Waals surface area (Å²) in [6, 6.07) is 2.99. The van der Waals surface area contributed by atoms with Crippen LogP contribution in [0.1, 0.15) is 19.8 Å². The van der Waals surface area contributed by atoms with Crippen LogP contribution >= 0.6 is 0 Å². The van der Waals surface area contributed by atoms with E-state index >= 15 is 0 Å². The molecule has 1 aliphatic rings. The zero-order chi connectivity index (χ0) is 13.9. The van der Waals surface area contributed by atoms with Crippen LogP contribution in [0.5, 0.6) is 0 Å². The van der Waals surface area contributed by atoms with Gasteiger partial charge >= 0.3 is 0 Å². The third-order valence-electron chi connectivity index (χ3n) is 3.20. The highest BCUT2D eigenvalue weighted by Crippen LogP contribution is 2.21. The molecule has 2 N–H and O–H groups in total. The lowest BCUT2D eigenvalue weighted by atomic mass is 10.1. The van der Waals surface area contributed by atoms with Crippen LogP contribution in [0.4, 0.5) is 5.82 Å². The smallest absolute Gasteiger partial charge is 0.244 e.